The number of carbonyl (C=O) groups is 2. The van der Waals surface area contributed by atoms with E-state index >= 15 is 0 Å². The number of piperidine rings is 1. The maximum absolute atomic E-state index is 12.3. The van der Waals surface area contributed by atoms with Crippen LogP contribution in [0, 0.1) is 5.92 Å². The summed E-state index contributed by atoms with van der Waals surface area (Å²) >= 11 is 0. The molecule has 2 amide bonds. The molecule has 6 nitrogen and oxygen atoms in total. The molecule has 24 heavy (non-hydrogen) atoms. The van der Waals surface area contributed by atoms with Gasteiger partial charge >= 0.3 is 0 Å². The van der Waals surface area contributed by atoms with Crippen molar-refractivity contribution < 1.29 is 14.3 Å². The Morgan fingerprint density at radius 3 is 2.71 bits per heavy atom. The molecular weight excluding hydrogens is 306 g/mol. The zero-order valence-electron chi connectivity index (χ0n) is 13.9. The fourth-order valence-electron chi connectivity index (χ4n) is 3.19. The highest BCUT2D eigenvalue weighted by Crippen LogP contribution is 2.20. The molecule has 0 bridgehead atoms. The number of rotatable bonds is 5. The standard InChI is InChI=1S/C18H25N3O3/c22-17(21-10-1-2-11-21)13-24-16-5-3-4-15(12-16)20-18(23)14-6-8-19-9-7-14/h3-5,12,14,19H,1-2,6-11,13H2,(H,20,23). The molecule has 130 valence electrons. The minimum absolute atomic E-state index is 0.0247. The van der Waals surface area contributed by atoms with Crippen LogP contribution in [-0.2, 0) is 9.59 Å². The molecule has 6 heteroatoms. The van der Waals surface area contributed by atoms with E-state index in [1.807, 2.05) is 17.0 Å². The number of carbonyl (C=O) groups excluding carboxylic acids is 2. The summed E-state index contributed by atoms with van der Waals surface area (Å²) in [7, 11) is 0. The molecule has 0 aliphatic carbocycles. The Hall–Kier alpha value is -2.08. The van der Waals surface area contributed by atoms with Gasteiger partial charge in [0.05, 0.1) is 0 Å². The molecule has 0 atom stereocenters. The molecule has 0 saturated carbocycles. The van der Waals surface area contributed by atoms with Crippen LogP contribution in [0.5, 0.6) is 5.75 Å². The number of amides is 2. The number of benzene rings is 1. The van der Waals surface area contributed by atoms with Crippen molar-refractivity contribution in [2.24, 2.45) is 5.92 Å². The number of nitrogens with zero attached hydrogens (tertiary/aromatic N) is 1. The van der Waals surface area contributed by atoms with Gasteiger partial charge in [0.15, 0.2) is 6.61 Å². The summed E-state index contributed by atoms with van der Waals surface area (Å²) in [6.07, 6.45) is 3.88. The van der Waals surface area contributed by atoms with Gasteiger partial charge in [-0.3, -0.25) is 9.59 Å². The smallest absolute Gasteiger partial charge is 0.260 e. The van der Waals surface area contributed by atoms with Crippen molar-refractivity contribution in [1.82, 2.24) is 10.2 Å². The van der Waals surface area contributed by atoms with Gasteiger partial charge in [-0.05, 0) is 50.9 Å². The lowest BCUT2D eigenvalue weighted by Gasteiger charge is -2.22. The first-order valence-corrected chi connectivity index (χ1v) is 8.74. The summed E-state index contributed by atoms with van der Waals surface area (Å²) in [6.45, 7) is 3.48. The van der Waals surface area contributed by atoms with Crippen LogP contribution in [0.3, 0.4) is 0 Å². The van der Waals surface area contributed by atoms with E-state index in [9.17, 15) is 9.59 Å². The number of likely N-dealkylation sites (tertiary alicyclic amines) is 1. The summed E-state index contributed by atoms with van der Waals surface area (Å²) in [5, 5.41) is 6.21. The van der Waals surface area contributed by atoms with Crippen LogP contribution in [0.15, 0.2) is 24.3 Å². The molecular formula is C18H25N3O3. The Bertz CT molecular complexity index is 579. The van der Waals surface area contributed by atoms with E-state index in [-0.39, 0.29) is 24.3 Å². The van der Waals surface area contributed by atoms with Crippen LogP contribution in [0.25, 0.3) is 0 Å². The van der Waals surface area contributed by atoms with Crippen LogP contribution < -0.4 is 15.4 Å². The Kier molecular flexibility index (Phi) is 5.69. The molecule has 0 radical (unpaired) electrons. The van der Waals surface area contributed by atoms with E-state index in [0.717, 1.165) is 51.9 Å². The van der Waals surface area contributed by atoms with E-state index in [1.54, 1.807) is 12.1 Å². The van der Waals surface area contributed by atoms with Gasteiger partial charge in [-0.15, -0.1) is 0 Å². The number of ether oxygens (including phenoxy) is 1. The normalized spacial score (nSPS) is 18.4. The molecule has 2 N–H and O–H groups in total. The first-order chi connectivity index (χ1) is 11.7. The zero-order valence-corrected chi connectivity index (χ0v) is 13.9. The molecule has 0 spiro atoms. The lowest BCUT2D eigenvalue weighted by molar-refractivity contribution is -0.132. The highest BCUT2D eigenvalue weighted by molar-refractivity contribution is 5.92. The lowest BCUT2D eigenvalue weighted by atomic mass is 9.97. The molecule has 2 aliphatic rings. The lowest BCUT2D eigenvalue weighted by Crippen LogP contribution is -2.34. The van der Waals surface area contributed by atoms with Crippen LogP contribution in [0.2, 0.25) is 0 Å². The van der Waals surface area contributed by atoms with E-state index in [1.165, 1.54) is 0 Å². The van der Waals surface area contributed by atoms with Crippen molar-refractivity contribution in [1.29, 1.82) is 0 Å². The van der Waals surface area contributed by atoms with Gasteiger partial charge < -0.3 is 20.3 Å². The van der Waals surface area contributed by atoms with Crippen LogP contribution in [0.1, 0.15) is 25.7 Å². The minimum Gasteiger partial charge on any atom is -0.484 e. The average molecular weight is 331 g/mol. The highest BCUT2D eigenvalue weighted by atomic mass is 16.5. The first kappa shape index (κ1) is 16.8. The second-order valence-electron chi connectivity index (χ2n) is 6.42. The van der Waals surface area contributed by atoms with Crippen molar-refractivity contribution in [3.63, 3.8) is 0 Å². The van der Waals surface area contributed by atoms with Gasteiger partial charge in [-0.2, -0.15) is 0 Å². The molecule has 0 unspecified atom stereocenters. The zero-order chi connectivity index (χ0) is 16.8. The van der Waals surface area contributed by atoms with E-state index in [4.69, 9.17) is 4.74 Å². The first-order valence-electron chi connectivity index (χ1n) is 8.74. The monoisotopic (exact) mass is 331 g/mol. The fourth-order valence-corrected chi connectivity index (χ4v) is 3.19. The molecule has 2 heterocycles. The summed E-state index contributed by atoms with van der Waals surface area (Å²) in [5.74, 6) is 0.747. The minimum atomic E-state index is 0.0247. The van der Waals surface area contributed by atoms with Crippen molar-refractivity contribution in [3.05, 3.63) is 24.3 Å². The summed E-state index contributed by atoms with van der Waals surface area (Å²) in [6, 6.07) is 7.25. The van der Waals surface area contributed by atoms with Gasteiger partial charge in [0.1, 0.15) is 5.75 Å². The highest BCUT2D eigenvalue weighted by Gasteiger charge is 2.21. The van der Waals surface area contributed by atoms with Gasteiger partial charge in [-0.1, -0.05) is 6.07 Å². The predicted octanol–water partition coefficient (Wildman–Crippen LogP) is 1.63. The van der Waals surface area contributed by atoms with Gasteiger partial charge in [0.2, 0.25) is 5.91 Å². The van der Waals surface area contributed by atoms with Crippen molar-refractivity contribution in [3.8, 4) is 5.75 Å². The van der Waals surface area contributed by atoms with Crippen molar-refractivity contribution in [2.45, 2.75) is 25.7 Å². The van der Waals surface area contributed by atoms with E-state index in [0.29, 0.717) is 11.4 Å². The number of hydrogen-bond donors (Lipinski definition) is 2. The Morgan fingerprint density at radius 2 is 1.96 bits per heavy atom. The third-order valence-corrected chi connectivity index (χ3v) is 4.63. The molecule has 2 aliphatic heterocycles. The van der Waals surface area contributed by atoms with Crippen molar-refractivity contribution in [2.75, 3.05) is 38.1 Å². The SMILES string of the molecule is O=C(Nc1cccc(OCC(=O)N2CCCC2)c1)C1CCNCC1. The summed E-state index contributed by atoms with van der Waals surface area (Å²) in [5.41, 5.74) is 0.713. The maximum Gasteiger partial charge on any atom is 0.260 e. The predicted molar refractivity (Wildman–Crippen MR) is 92.0 cm³/mol. The largest absolute Gasteiger partial charge is 0.484 e. The molecule has 0 aromatic heterocycles. The topological polar surface area (TPSA) is 70.7 Å². The molecule has 2 saturated heterocycles. The van der Waals surface area contributed by atoms with E-state index < -0.39 is 0 Å². The molecule has 3 rings (SSSR count). The van der Waals surface area contributed by atoms with Gasteiger partial charge in [0, 0.05) is 30.8 Å². The Balaban J connectivity index is 1.51. The summed E-state index contributed by atoms with van der Waals surface area (Å²) in [4.78, 5) is 26.1. The Morgan fingerprint density at radius 1 is 1.21 bits per heavy atom. The van der Waals surface area contributed by atoms with Gasteiger partial charge in [-0.25, -0.2) is 0 Å². The van der Waals surface area contributed by atoms with Crippen LogP contribution >= 0.6 is 0 Å². The third-order valence-electron chi connectivity index (χ3n) is 4.63. The van der Waals surface area contributed by atoms with E-state index in [2.05, 4.69) is 10.6 Å². The second kappa shape index (κ2) is 8.15. The maximum atomic E-state index is 12.3. The number of hydrogen-bond acceptors (Lipinski definition) is 4. The summed E-state index contributed by atoms with van der Waals surface area (Å²) < 4.78 is 5.60. The quantitative estimate of drug-likeness (QED) is 0.860. The van der Waals surface area contributed by atoms with Crippen LogP contribution in [0.4, 0.5) is 5.69 Å². The third kappa shape index (κ3) is 4.47. The average Bonchev–Trinajstić information content (AvgIpc) is 3.15. The molecule has 2 fully saturated rings. The Labute approximate surface area is 142 Å². The molecule has 1 aromatic rings. The van der Waals surface area contributed by atoms with Crippen molar-refractivity contribution >= 4 is 17.5 Å². The number of nitrogens with one attached hydrogen (secondary N) is 2. The number of anilines is 1. The fraction of sp³-hybridized carbons (Fsp3) is 0.556. The second-order valence-corrected chi connectivity index (χ2v) is 6.42. The molecule has 1 aromatic carbocycles. The van der Waals surface area contributed by atoms with Crippen LogP contribution in [-0.4, -0.2) is 49.5 Å². The van der Waals surface area contributed by atoms with Gasteiger partial charge in [0.25, 0.3) is 5.91 Å².